The predicted octanol–water partition coefficient (Wildman–Crippen LogP) is 1.56. The quantitative estimate of drug-likeness (QED) is 0.818. The Morgan fingerprint density at radius 3 is 2.53 bits per heavy atom. The zero-order valence-corrected chi connectivity index (χ0v) is 10.00. The van der Waals surface area contributed by atoms with E-state index in [0.29, 0.717) is 21.5 Å². The molecule has 0 aliphatic heterocycles. The van der Waals surface area contributed by atoms with Gasteiger partial charge in [0.05, 0.1) is 24.3 Å². The highest BCUT2D eigenvalue weighted by atomic mass is 79.9. The van der Waals surface area contributed by atoms with Gasteiger partial charge in [0.1, 0.15) is 12.4 Å². The molecule has 1 aromatic rings. The van der Waals surface area contributed by atoms with E-state index in [9.17, 15) is 5.11 Å². The van der Waals surface area contributed by atoms with Crippen molar-refractivity contribution in [2.45, 2.75) is 6.61 Å². The van der Waals surface area contributed by atoms with Gasteiger partial charge < -0.3 is 14.6 Å². The molecule has 0 amide bonds. The van der Waals surface area contributed by atoms with Crippen LogP contribution in [0.5, 0.6) is 17.2 Å². The second-order valence-corrected chi connectivity index (χ2v) is 3.59. The lowest BCUT2D eigenvalue weighted by Crippen LogP contribution is -2.03. The van der Waals surface area contributed by atoms with Crippen molar-refractivity contribution >= 4 is 15.9 Å². The summed E-state index contributed by atoms with van der Waals surface area (Å²) in [5, 5.41) is 9.74. The first-order valence-corrected chi connectivity index (χ1v) is 4.89. The number of phenols is 1. The van der Waals surface area contributed by atoms with Gasteiger partial charge in [-0.15, -0.1) is 0 Å². The number of rotatable bonds is 4. The number of ether oxygens (including phenoxy) is 2. The molecule has 15 heavy (non-hydrogen) atoms. The zero-order chi connectivity index (χ0) is 11.4. The summed E-state index contributed by atoms with van der Waals surface area (Å²) in [5.41, 5.74) is 0.436. The zero-order valence-electron chi connectivity index (χ0n) is 8.41. The molecule has 5 nitrogen and oxygen atoms in total. The molecular formula is C9H12BrNO4. The molecule has 84 valence electrons. The van der Waals surface area contributed by atoms with Crippen LogP contribution in [-0.4, -0.2) is 19.3 Å². The summed E-state index contributed by atoms with van der Waals surface area (Å²) >= 11 is 3.19. The maximum absolute atomic E-state index is 9.74. The molecule has 0 saturated heterocycles. The van der Waals surface area contributed by atoms with Gasteiger partial charge >= 0.3 is 0 Å². The van der Waals surface area contributed by atoms with Crippen molar-refractivity contribution < 1.29 is 19.4 Å². The van der Waals surface area contributed by atoms with E-state index in [1.807, 2.05) is 0 Å². The van der Waals surface area contributed by atoms with E-state index in [2.05, 4.69) is 20.8 Å². The van der Waals surface area contributed by atoms with Crippen LogP contribution in [0.1, 0.15) is 5.56 Å². The third-order valence-electron chi connectivity index (χ3n) is 1.92. The van der Waals surface area contributed by atoms with Crippen molar-refractivity contribution in [3.05, 3.63) is 16.1 Å². The van der Waals surface area contributed by atoms with E-state index in [-0.39, 0.29) is 12.4 Å². The molecular weight excluding hydrogens is 266 g/mol. The van der Waals surface area contributed by atoms with Gasteiger partial charge in [0.15, 0.2) is 11.5 Å². The summed E-state index contributed by atoms with van der Waals surface area (Å²) in [4.78, 5) is 4.49. The minimum atomic E-state index is 0.0260. The van der Waals surface area contributed by atoms with E-state index in [0.717, 1.165) is 0 Å². The van der Waals surface area contributed by atoms with E-state index >= 15 is 0 Å². The molecule has 1 aromatic carbocycles. The first kappa shape index (κ1) is 12.1. The van der Waals surface area contributed by atoms with Crippen LogP contribution in [0, 0.1) is 0 Å². The lowest BCUT2D eigenvalue weighted by atomic mass is 10.1. The lowest BCUT2D eigenvalue weighted by Gasteiger charge is -2.14. The second kappa shape index (κ2) is 5.20. The number of nitrogens with two attached hydrogens (primary N) is 1. The number of halogens is 1. The van der Waals surface area contributed by atoms with Crippen molar-refractivity contribution in [1.29, 1.82) is 0 Å². The van der Waals surface area contributed by atoms with Crippen LogP contribution in [0.25, 0.3) is 0 Å². The van der Waals surface area contributed by atoms with Gasteiger partial charge in [0, 0.05) is 6.07 Å². The highest BCUT2D eigenvalue weighted by Crippen LogP contribution is 2.42. The molecule has 0 fully saturated rings. The van der Waals surface area contributed by atoms with Crippen LogP contribution >= 0.6 is 15.9 Å². The Hall–Kier alpha value is -0.980. The molecule has 0 heterocycles. The Morgan fingerprint density at radius 1 is 1.40 bits per heavy atom. The van der Waals surface area contributed by atoms with Crippen molar-refractivity contribution in [2.24, 2.45) is 5.90 Å². The van der Waals surface area contributed by atoms with Crippen molar-refractivity contribution in [3.8, 4) is 17.2 Å². The second-order valence-electron chi connectivity index (χ2n) is 2.73. The Bertz CT molecular complexity index is 356. The first-order chi connectivity index (χ1) is 7.15. The molecule has 0 aromatic heterocycles. The number of aromatic hydroxyl groups is 1. The summed E-state index contributed by atoms with van der Waals surface area (Å²) in [6.07, 6.45) is 0. The monoisotopic (exact) mass is 277 g/mol. The van der Waals surface area contributed by atoms with Crippen LogP contribution in [-0.2, 0) is 11.4 Å². The van der Waals surface area contributed by atoms with E-state index < -0.39 is 0 Å². The molecule has 0 aliphatic carbocycles. The van der Waals surface area contributed by atoms with Crippen molar-refractivity contribution in [3.63, 3.8) is 0 Å². The predicted molar refractivity (Wildman–Crippen MR) is 57.9 cm³/mol. The molecule has 6 heteroatoms. The van der Waals surface area contributed by atoms with Crippen LogP contribution in [0.3, 0.4) is 0 Å². The highest BCUT2D eigenvalue weighted by molar-refractivity contribution is 9.10. The highest BCUT2D eigenvalue weighted by Gasteiger charge is 2.17. The summed E-state index contributed by atoms with van der Waals surface area (Å²) in [6.45, 7) is 0.0325. The van der Waals surface area contributed by atoms with Crippen molar-refractivity contribution in [2.75, 3.05) is 14.2 Å². The Kier molecular flexibility index (Phi) is 4.19. The Labute approximate surface area is 95.8 Å². The average Bonchev–Trinajstić information content (AvgIpc) is 2.24. The third-order valence-corrected chi connectivity index (χ3v) is 2.52. The number of hydrogen-bond acceptors (Lipinski definition) is 5. The van der Waals surface area contributed by atoms with Crippen LogP contribution in [0.15, 0.2) is 10.5 Å². The van der Waals surface area contributed by atoms with Crippen LogP contribution in [0.2, 0.25) is 0 Å². The van der Waals surface area contributed by atoms with E-state index in [1.54, 1.807) is 6.07 Å². The SMILES string of the molecule is COc1cc(Br)c(O)c(CON)c1OC. The topological polar surface area (TPSA) is 73.9 Å². The maximum atomic E-state index is 9.74. The molecule has 0 radical (unpaired) electrons. The summed E-state index contributed by atoms with van der Waals surface area (Å²) in [7, 11) is 2.99. The third kappa shape index (κ3) is 2.34. The number of methoxy groups -OCH3 is 2. The number of hydrogen-bond donors (Lipinski definition) is 2. The van der Waals surface area contributed by atoms with Gasteiger partial charge in [-0.3, -0.25) is 4.84 Å². The first-order valence-electron chi connectivity index (χ1n) is 4.09. The number of benzene rings is 1. The fourth-order valence-corrected chi connectivity index (χ4v) is 1.69. The number of phenolic OH excluding ortho intramolecular Hbond substituents is 1. The molecule has 0 unspecified atom stereocenters. The summed E-state index contributed by atoms with van der Waals surface area (Å²) in [5.74, 6) is 5.90. The van der Waals surface area contributed by atoms with Crippen molar-refractivity contribution in [1.82, 2.24) is 0 Å². The minimum Gasteiger partial charge on any atom is -0.506 e. The molecule has 0 bridgehead atoms. The van der Waals surface area contributed by atoms with E-state index in [4.69, 9.17) is 15.4 Å². The molecule has 0 spiro atoms. The summed E-state index contributed by atoms with van der Waals surface area (Å²) < 4.78 is 10.7. The van der Waals surface area contributed by atoms with Crippen LogP contribution < -0.4 is 15.4 Å². The minimum absolute atomic E-state index is 0.0260. The smallest absolute Gasteiger partial charge is 0.170 e. The normalized spacial score (nSPS) is 10.1. The molecule has 1 rings (SSSR count). The average molecular weight is 278 g/mol. The standard InChI is InChI=1S/C9H12BrNO4/c1-13-7-3-6(10)8(12)5(4-15-11)9(7)14-2/h3,12H,4,11H2,1-2H3. The van der Waals surface area contributed by atoms with Gasteiger partial charge in [0.2, 0.25) is 0 Å². The van der Waals surface area contributed by atoms with E-state index in [1.165, 1.54) is 14.2 Å². The maximum Gasteiger partial charge on any atom is 0.170 e. The van der Waals surface area contributed by atoms with Gasteiger partial charge in [-0.25, -0.2) is 5.90 Å². The lowest BCUT2D eigenvalue weighted by molar-refractivity contribution is 0.119. The largest absolute Gasteiger partial charge is 0.506 e. The summed E-state index contributed by atoms with van der Waals surface area (Å²) in [6, 6.07) is 1.61. The Balaban J connectivity index is 3.35. The van der Waals surface area contributed by atoms with Gasteiger partial charge in [0.25, 0.3) is 0 Å². The molecule has 3 N–H and O–H groups in total. The molecule has 0 saturated carbocycles. The molecule has 0 aliphatic rings. The fraction of sp³-hybridized carbons (Fsp3) is 0.333. The Morgan fingerprint density at radius 2 is 2.07 bits per heavy atom. The van der Waals surface area contributed by atoms with Gasteiger partial charge in [-0.05, 0) is 15.9 Å². The van der Waals surface area contributed by atoms with Crippen LogP contribution in [0.4, 0.5) is 0 Å². The fourth-order valence-electron chi connectivity index (χ4n) is 1.24. The van der Waals surface area contributed by atoms with Gasteiger partial charge in [-0.1, -0.05) is 0 Å². The van der Waals surface area contributed by atoms with Gasteiger partial charge in [-0.2, -0.15) is 0 Å². The molecule has 0 atom stereocenters.